The first-order valence-electron chi connectivity index (χ1n) is 8.09. The minimum atomic E-state index is -1.07. The van der Waals surface area contributed by atoms with Crippen molar-refractivity contribution in [2.24, 2.45) is 0 Å². The van der Waals surface area contributed by atoms with Crippen LogP contribution in [-0.4, -0.2) is 36.8 Å². The van der Waals surface area contributed by atoms with Crippen LogP contribution in [0.3, 0.4) is 0 Å². The van der Waals surface area contributed by atoms with Gasteiger partial charge in [-0.2, -0.15) is 5.26 Å². The van der Waals surface area contributed by atoms with Crippen LogP contribution in [0.15, 0.2) is 48.5 Å². The zero-order chi connectivity index (χ0) is 19.4. The van der Waals surface area contributed by atoms with Gasteiger partial charge in [-0.25, -0.2) is 9.78 Å². The van der Waals surface area contributed by atoms with E-state index in [4.69, 9.17) is 14.6 Å². The summed E-state index contributed by atoms with van der Waals surface area (Å²) in [5.74, 6) is -0.316. The summed E-state index contributed by atoms with van der Waals surface area (Å²) in [5, 5.41) is 19.0. The molecule has 3 aromatic rings. The van der Waals surface area contributed by atoms with E-state index in [-0.39, 0.29) is 0 Å². The molecule has 2 aromatic carbocycles. The molecule has 0 bridgehead atoms. The number of hydrogen-bond donors (Lipinski definition) is 1. The number of methoxy groups -OCH3 is 1. The van der Waals surface area contributed by atoms with Gasteiger partial charge < -0.3 is 19.5 Å². The Morgan fingerprint density at radius 3 is 2.70 bits per heavy atom. The largest absolute Gasteiger partial charge is 0.493 e. The summed E-state index contributed by atoms with van der Waals surface area (Å²) < 4.78 is 10.6. The van der Waals surface area contributed by atoms with Gasteiger partial charge in [0.25, 0.3) is 0 Å². The first kappa shape index (κ1) is 18.0. The van der Waals surface area contributed by atoms with E-state index in [1.165, 1.54) is 7.11 Å². The van der Waals surface area contributed by atoms with Crippen LogP contribution in [0.5, 0.6) is 11.5 Å². The molecule has 27 heavy (non-hydrogen) atoms. The van der Waals surface area contributed by atoms with Crippen molar-refractivity contribution >= 4 is 28.2 Å². The Balaban J connectivity index is 2.07. The van der Waals surface area contributed by atoms with Crippen LogP contribution in [0.2, 0.25) is 0 Å². The highest BCUT2D eigenvalue weighted by atomic mass is 16.5. The molecule has 3 rings (SSSR count). The van der Waals surface area contributed by atoms with Crippen LogP contribution in [0, 0.1) is 11.3 Å². The Labute approximate surface area is 156 Å². The number of pyridine rings is 1. The van der Waals surface area contributed by atoms with E-state index in [0.29, 0.717) is 22.7 Å². The van der Waals surface area contributed by atoms with E-state index >= 15 is 0 Å². The fraction of sp³-hybridized carbons (Fsp3) is 0.150. The number of rotatable bonds is 6. The van der Waals surface area contributed by atoms with Crippen molar-refractivity contribution in [2.75, 3.05) is 25.7 Å². The number of aromatic nitrogens is 1. The number of ether oxygens (including phenoxy) is 2. The predicted molar refractivity (Wildman–Crippen MR) is 101 cm³/mol. The molecule has 1 heterocycles. The molecule has 0 radical (unpaired) electrons. The molecule has 0 unspecified atom stereocenters. The predicted octanol–water partition coefficient (Wildman–Crippen LogP) is 3.35. The molecule has 0 atom stereocenters. The number of nitriles is 1. The molecule has 0 aliphatic rings. The number of nitrogens with zero attached hydrogens (tertiary/aromatic N) is 3. The molecule has 0 aliphatic heterocycles. The van der Waals surface area contributed by atoms with Crippen molar-refractivity contribution in [1.29, 1.82) is 5.26 Å². The van der Waals surface area contributed by atoms with Gasteiger partial charge in [0.15, 0.2) is 18.1 Å². The first-order chi connectivity index (χ1) is 13.0. The molecule has 0 aliphatic carbocycles. The standard InChI is InChI=1S/C20H17N3O4/c1-23(14-7-8-18(26-2)19(10-14)27-12-20(24)25)17-9-13(11-21)22-16-6-4-3-5-15(16)17/h3-10H,12H2,1-2H3,(H,24,25). The van der Waals surface area contributed by atoms with Crippen molar-refractivity contribution in [2.45, 2.75) is 0 Å². The molecule has 136 valence electrons. The summed E-state index contributed by atoms with van der Waals surface area (Å²) in [4.78, 5) is 17.0. The van der Waals surface area contributed by atoms with Gasteiger partial charge in [0.2, 0.25) is 0 Å². The minimum absolute atomic E-state index is 0.311. The molecular weight excluding hydrogens is 346 g/mol. The van der Waals surface area contributed by atoms with Crippen LogP contribution in [-0.2, 0) is 4.79 Å². The van der Waals surface area contributed by atoms with E-state index in [1.54, 1.807) is 18.2 Å². The lowest BCUT2D eigenvalue weighted by atomic mass is 10.1. The normalized spacial score (nSPS) is 10.3. The van der Waals surface area contributed by atoms with Gasteiger partial charge >= 0.3 is 5.97 Å². The van der Waals surface area contributed by atoms with Gasteiger partial charge in [0.1, 0.15) is 11.8 Å². The Morgan fingerprint density at radius 1 is 1.22 bits per heavy atom. The number of benzene rings is 2. The quantitative estimate of drug-likeness (QED) is 0.717. The molecular formula is C20H17N3O4. The van der Waals surface area contributed by atoms with Crippen molar-refractivity contribution in [3.8, 4) is 17.6 Å². The van der Waals surface area contributed by atoms with E-state index < -0.39 is 12.6 Å². The number of anilines is 2. The highest BCUT2D eigenvalue weighted by molar-refractivity contribution is 5.94. The summed E-state index contributed by atoms with van der Waals surface area (Å²) in [6, 6.07) is 16.6. The fourth-order valence-corrected chi connectivity index (χ4v) is 2.76. The van der Waals surface area contributed by atoms with Gasteiger partial charge in [0.05, 0.1) is 18.3 Å². The van der Waals surface area contributed by atoms with Crippen molar-refractivity contribution < 1.29 is 19.4 Å². The van der Waals surface area contributed by atoms with Crippen molar-refractivity contribution in [1.82, 2.24) is 4.98 Å². The number of aliphatic carboxylic acids is 1. The molecule has 7 nitrogen and oxygen atoms in total. The monoisotopic (exact) mass is 363 g/mol. The summed E-state index contributed by atoms with van der Waals surface area (Å²) in [6.45, 7) is -0.472. The zero-order valence-corrected chi connectivity index (χ0v) is 14.8. The van der Waals surface area contributed by atoms with Gasteiger partial charge in [-0.1, -0.05) is 18.2 Å². The maximum absolute atomic E-state index is 10.8. The number of carboxylic acids is 1. The van der Waals surface area contributed by atoms with E-state index in [1.807, 2.05) is 42.3 Å². The maximum Gasteiger partial charge on any atom is 0.341 e. The maximum atomic E-state index is 10.8. The number of carbonyl (C=O) groups is 1. The smallest absolute Gasteiger partial charge is 0.341 e. The lowest BCUT2D eigenvalue weighted by molar-refractivity contribution is -0.139. The lowest BCUT2D eigenvalue weighted by Crippen LogP contribution is -2.13. The second kappa shape index (κ2) is 7.62. The van der Waals surface area contributed by atoms with Gasteiger partial charge in [-0.15, -0.1) is 0 Å². The zero-order valence-electron chi connectivity index (χ0n) is 14.8. The Hall–Kier alpha value is -3.79. The van der Waals surface area contributed by atoms with E-state index in [0.717, 1.165) is 16.8 Å². The summed E-state index contributed by atoms with van der Waals surface area (Å²) >= 11 is 0. The SMILES string of the molecule is COc1ccc(N(C)c2cc(C#N)nc3ccccc23)cc1OCC(=O)O. The summed E-state index contributed by atoms with van der Waals surface area (Å²) in [7, 11) is 3.34. The van der Waals surface area contributed by atoms with Gasteiger partial charge in [0, 0.05) is 24.2 Å². The molecule has 1 aromatic heterocycles. The van der Waals surface area contributed by atoms with E-state index in [9.17, 15) is 10.1 Å². The third-order valence-corrected chi connectivity index (χ3v) is 4.06. The summed E-state index contributed by atoms with van der Waals surface area (Å²) in [6.07, 6.45) is 0. The summed E-state index contributed by atoms with van der Waals surface area (Å²) in [5.41, 5.74) is 2.57. The Kier molecular flexibility index (Phi) is 5.08. The van der Waals surface area contributed by atoms with Crippen LogP contribution in [0.1, 0.15) is 5.69 Å². The van der Waals surface area contributed by atoms with Crippen molar-refractivity contribution in [3.63, 3.8) is 0 Å². The molecule has 0 saturated heterocycles. The Morgan fingerprint density at radius 2 is 2.00 bits per heavy atom. The highest BCUT2D eigenvalue weighted by Crippen LogP contribution is 2.36. The van der Waals surface area contributed by atoms with Gasteiger partial charge in [-0.05, 0) is 24.3 Å². The Bertz CT molecular complexity index is 1040. The average Bonchev–Trinajstić information content (AvgIpc) is 2.70. The van der Waals surface area contributed by atoms with Gasteiger partial charge in [-0.3, -0.25) is 0 Å². The second-order valence-corrected chi connectivity index (χ2v) is 5.73. The molecule has 7 heteroatoms. The minimum Gasteiger partial charge on any atom is -0.493 e. The topological polar surface area (TPSA) is 95.7 Å². The second-order valence-electron chi connectivity index (χ2n) is 5.73. The molecule has 0 fully saturated rings. The lowest BCUT2D eigenvalue weighted by Gasteiger charge is -2.22. The van der Waals surface area contributed by atoms with E-state index in [2.05, 4.69) is 11.1 Å². The number of hydrogen-bond acceptors (Lipinski definition) is 6. The third-order valence-electron chi connectivity index (χ3n) is 4.06. The number of para-hydroxylation sites is 1. The average molecular weight is 363 g/mol. The van der Waals surface area contributed by atoms with Crippen LogP contribution in [0.25, 0.3) is 10.9 Å². The molecule has 0 amide bonds. The number of carboxylic acid groups (broad SMARTS) is 1. The van der Waals surface area contributed by atoms with Crippen LogP contribution < -0.4 is 14.4 Å². The highest BCUT2D eigenvalue weighted by Gasteiger charge is 2.14. The number of fused-ring (bicyclic) bond motifs is 1. The molecule has 1 N–H and O–H groups in total. The molecule has 0 saturated carbocycles. The molecule has 0 spiro atoms. The van der Waals surface area contributed by atoms with Crippen LogP contribution >= 0.6 is 0 Å². The third kappa shape index (κ3) is 3.75. The van der Waals surface area contributed by atoms with Crippen molar-refractivity contribution in [3.05, 3.63) is 54.2 Å². The van der Waals surface area contributed by atoms with Crippen LogP contribution in [0.4, 0.5) is 11.4 Å². The fourth-order valence-electron chi connectivity index (χ4n) is 2.76. The first-order valence-corrected chi connectivity index (χ1v) is 8.09.